The van der Waals surface area contributed by atoms with Crippen LogP contribution in [0, 0.1) is 0 Å². The summed E-state index contributed by atoms with van der Waals surface area (Å²) in [6.45, 7) is 11.9. The molecule has 3 fully saturated rings. The zero-order valence-electron chi connectivity index (χ0n) is 28.5. The van der Waals surface area contributed by atoms with Crippen LogP contribution in [0.15, 0.2) is 24.3 Å². The first kappa shape index (κ1) is 32.5. The minimum Gasteiger partial charge on any atom is -0.393 e. The summed E-state index contributed by atoms with van der Waals surface area (Å²) in [7, 11) is 0. The summed E-state index contributed by atoms with van der Waals surface area (Å²) in [6, 6.07) is 7.83. The SMILES string of the molecule is CC1(C)OC[C@H](c2c3nc(c([C@H]4COC(C)(C)O4)c4ccc([nH]4)c([C@H]4COC(C)(C)O4)c4nc(c([C@@H](O)CO)c5ccc2[nH]5)C=C4)C=C3)O1. The van der Waals surface area contributed by atoms with Crippen molar-refractivity contribution in [1.29, 1.82) is 0 Å². The number of ether oxygens (including phenoxy) is 6. The lowest BCUT2D eigenvalue weighted by molar-refractivity contribution is -0.139. The maximum Gasteiger partial charge on any atom is 0.163 e. The van der Waals surface area contributed by atoms with Crippen LogP contribution in [0.25, 0.3) is 46.4 Å². The number of aliphatic hydroxyl groups excluding tert-OH is 2. The van der Waals surface area contributed by atoms with Crippen LogP contribution in [0.5, 0.6) is 0 Å². The Kier molecular flexibility index (Phi) is 7.74. The summed E-state index contributed by atoms with van der Waals surface area (Å²) >= 11 is 0. The van der Waals surface area contributed by atoms with Gasteiger partial charge in [0.25, 0.3) is 0 Å². The predicted octanol–water partition coefficient (Wildman–Crippen LogP) is 6.15. The van der Waals surface area contributed by atoms with Crippen LogP contribution in [0.4, 0.5) is 0 Å². The summed E-state index contributed by atoms with van der Waals surface area (Å²) in [4.78, 5) is 17.4. The molecular formula is C37H42N4O8. The Morgan fingerprint density at radius 2 is 0.959 bits per heavy atom. The molecule has 0 aliphatic carbocycles. The first-order valence-corrected chi connectivity index (χ1v) is 16.7. The van der Waals surface area contributed by atoms with Gasteiger partial charge in [0, 0.05) is 44.3 Å². The van der Waals surface area contributed by atoms with E-state index in [1.54, 1.807) is 0 Å². The Balaban J connectivity index is 1.48. The number of nitrogens with one attached hydrogen (secondary N) is 2. The predicted molar refractivity (Wildman–Crippen MR) is 182 cm³/mol. The number of fused-ring (bicyclic) bond motifs is 8. The Hall–Kier alpha value is -3.72. The fourth-order valence-corrected chi connectivity index (χ4v) is 7.24. The molecule has 0 saturated carbocycles. The summed E-state index contributed by atoms with van der Waals surface area (Å²) in [5, 5.41) is 21.3. The number of hydrogen-bond acceptors (Lipinski definition) is 10. The molecule has 0 spiro atoms. The average molecular weight is 671 g/mol. The van der Waals surface area contributed by atoms with Gasteiger partial charge in [-0.15, -0.1) is 0 Å². The van der Waals surface area contributed by atoms with Crippen molar-refractivity contribution in [1.82, 2.24) is 19.9 Å². The van der Waals surface area contributed by atoms with Crippen LogP contribution in [-0.2, 0) is 28.4 Å². The highest BCUT2D eigenvalue weighted by Crippen LogP contribution is 2.42. The molecule has 0 amide bonds. The van der Waals surface area contributed by atoms with Crippen LogP contribution in [0.2, 0.25) is 0 Å². The van der Waals surface area contributed by atoms with Crippen molar-refractivity contribution >= 4 is 46.4 Å². The monoisotopic (exact) mass is 670 g/mol. The largest absolute Gasteiger partial charge is 0.393 e. The molecule has 3 aromatic heterocycles. The number of hydrogen-bond donors (Lipinski definition) is 4. The zero-order valence-corrected chi connectivity index (χ0v) is 28.5. The summed E-state index contributed by atoms with van der Waals surface area (Å²) < 4.78 is 37.3. The third-order valence-corrected chi connectivity index (χ3v) is 9.41. The standard InChI is InChI=1S/C37H42N4O8/c1-35(2)44-16-28(47-35)32-21-9-7-19(38-21)31(27(43)15-42)20-8-10-22(39-20)33(29-17-45-36(3,4)48-29)24-12-14-26(41-24)34(25-13-11-23(32)40-25)30-18-46-37(5,6)49-30/h7-14,27-30,38,41-43H,15-18H2,1-6H3/t27-,28+,29+,30+/m0/s1. The van der Waals surface area contributed by atoms with Gasteiger partial charge in [0.05, 0.1) is 49.2 Å². The van der Waals surface area contributed by atoms with Crippen molar-refractivity contribution in [3.63, 3.8) is 0 Å². The van der Waals surface area contributed by atoms with E-state index in [2.05, 4.69) is 9.97 Å². The lowest BCUT2D eigenvalue weighted by Crippen LogP contribution is -2.20. The van der Waals surface area contributed by atoms with Crippen molar-refractivity contribution in [3.8, 4) is 0 Å². The fourth-order valence-electron chi connectivity index (χ4n) is 7.24. The van der Waals surface area contributed by atoms with Gasteiger partial charge in [0.15, 0.2) is 17.4 Å². The van der Waals surface area contributed by atoms with Gasteiger partial charge >= 0.3 is 0 Å². The maximum absolute atomic E-state index is 11.2. The minimum atomic E-state index is -1.20. The summed E-state index contributed by atoms with van der Waals surface area (Å²) in [5.74, 6) is -2.33. The fraction of sp³-hybridized carbons (Fsp3) is 0.459. The van der Waals surface area contributed by atoms with E-state index in [0.717, 1.165) is 38.9 Å². The van der Waals surface area contributed by atoms with Gasteiger partial charge in [0.1, 0.15) is 24.4 Å². The van der Waals surface area contributed by atoms with Crippen LogP contribution in [0.1, 0.15) is 111 Å². The van der Waals surface area contributed by atoms with E-state index in [-0.39, 0.29) is 0 Å². The lowest BCUT2D eigenvalue weighted by Gasteiger charge is -2.18. The van der Waals surface area contributed by atoms with Crippen LogP contribution >= 0.6 is 0 Å². The highest BCUT2D eigenvalue weighted by atomic mass is 16.8. The van der Waals surface area contributed by atoms with Crippen molar-refractivity contribution in [2.45, 2.75) is 83.3 Å². The van der Waals surface area contributed by atoms with Gasteiger partial charge in [-0.2, -0.15) is 0 Å². The third-order valence-electron chi connectivity index (χ3n) is 9.41. The van der Waals surface area contributed by atoms with E-state index in [1.807, 2.05) is 90.1 Å². The Bertz CT molecular complexity index is 2020. The van der Waals surface area contributed by atoms with Crippen molar-refractivity contribution in [3.05, 3.63) is 69.3 Å². The quantitative estimate of drug-likeness (QED) is 0.171. The van der Waals surface area contributed by atoms with E-state index in [0.29, 0.717) is 48.0 Å². The summed E-state index contributed by atoms with van der Waals surface area (Å²) in [6.07, 6.45) is 5.25. The number of aromatic amines is 2. The second-order valence-corrected chi connectivity index (χ2v) is 14.3. The molecule has 12 nitrogen and oxygen atoms in total. The molecule has 3 aromatic rings. The molecule has 12 heteroatoms. The second kappa shape index (κ2) is 11.7. The Morgan fingerprint density at radius 3 is 1.33 bits per heavy atom. The molecule has 8 heterocycles. The number of aromatic nitrogens is 4. The van der Waals surface area contributed by atoms with E-state index >= 15 is 0 Å². The molecule has 258 valence electrons. The van der Waals surface area contributed by atoms with E-state index in [4.69, 9.17) is 38.4 Å². The lowest BCUT2D eigenvalue weighted by atomic mass is 10.1. The van der Waals surface area contributed by atoms with Crippen LogP contribution in [0.3, 0.4) is 0 Å². The molecule has 4 atom stereocenters. The molecule has 5 aliphatic rings. The van der Waals surface area contributed by atoms with Crippen LogP contribution in [-0.4, -0.2) is 73.9 Å². The van der Waals surface area contributed by atoms with E-state index < -0.39 is 48.4 Å². The molecule has 0 aromatic carbocycles. The van der Waals surface area contributed by atoms with Crippen molar-refractivity contribution in [2.24, 2.45) is 0 Å². The van der Waals surface area contributed by atoms with Gasteiger partial charge < -0.3 is 48.6 Å². The Morgan fingerprint density at radius 1 is 0.612 bits per heavy atom. The molecule has 8 bridgehead atoms. The zero-order chi connectivity index (χ0) is 34.3. The highest BCUT2D eigenvalue weighted by Gasteiger charge is 2.39. The third kappa shape index (κ3) is 5.96. The number of aliphatic hydroxyl groups is 2. The molecule has 0 radical (unpaired) electrons. The molecule has 49 heavy (non-hydrogen) atoms. The molecular weight excluding hydrogens is 628 g/mol. The number of rotatable bonds is 5. The average Bonchev–Trinajstić information content (AvgIpc) is 3.88. The number of nitrogens with zero attached hydrogens (tertiary/aromatic N) is 2. The Labute approximate surface area is 283 Å². The van der Waals surface area contributed by atoms with Gasteiger partial charge in [-0.05, 0) is 90.1 Å². The minimum absolute atomic E-state index is 0.329. The van der Waals surface area contributed by atoms with Gasteiger partial charge in [-0.1, -0.05) is 0 Å². The molecule has 8 rings (SSSR count). The van der Waals surface area contributed by atoms with Crippen LogP contribution < -0.4 is 0 Å². The topological polar surface area (TPSA) is 153 Å². The van der Waals surface area contributed by atoms with E-state index in [1.165, 1.54) is 0 Å². The first-order valence-electron chi connectivity index (χ1n) is 16.7. The molecule has 3 saturated heterocycles. The molecule has 5 aliphatic heterocycles. The van der Waals surface area contributed by atoms with Crippen molar-refractivity contribution in [2.75, 3.05) is 26.4 Å². The maximum atomic E-state index is 11.2. The smallest absolute Gasteiger partial charge is 0.163 e. The molecule has 0 unspecified atom stereocenters. The molecule has 4 N–H and O–H groups in total. The van der Waals surface area contributed by atoms with Gasteiger partial charge in [-0.25, -0.2) is 9.97 Å². The highest BCUT2D eigenvalue weighted by molar-refractivity contribution is 5.84. The van der Waals surface area contributed by atoms with Crippen molar-refractivity contribution < 1.29 is 38.6 Å². The summed E-state index contributed by atoms with van der Waals surface area (Å²) in [5.41, 5.74) is 8.46. The normalized spacial score (nSPS) is 25.8. The second-order valence-electron chi connectivity index (χ2n) is 14.3. The van der Waals surface area contributed by atoms with Gasteiger partial charge in [0.2, 0.25) is 0 Å². The van der Waals surface area contributed by atoms with Gasteiger partial charge in [-0.3, -0.25) is 0 Å². The number of H-pyrrole nitrogens is 2. The van der Waals surface area contributed by atoms with E-state index in [9.17, 15) is 10.2 Å². The first-order chi connectivity index (χ1) is 23.3.